The van der Waals surface area contributed by atoms with Crippen molar-refractivity contribution in [1.82, 2.24) is 4.98 Å². The average Bonchev–Trinajstić information content (AvgIpc) is 3.20. The zero-order valence-corrected chi connectivity index (χ0v) is 15.0. The summed E-state index contributed by atoms with van der Waals surface area (Å²) in [5, 5.41) is 3.04. The maximum absolute atomic E-state index is 12.9. The van der Waals surface area contributed by atoms with E-state index in [0.29, 0.717) is 18.9 Å². The van der Waals surface area contributed by atoms with E-state index < -0.39 is 0 Å². The van der Waals surface area contributed by atoms with Gasteiger partial charge in [0.05, 0.1) is 35.0 Å². The minimum absolute atomic E-state index is 0.189. The summed E-state index contributed by atoms with van der Waals surface area (Å²) in [4.78, 5) is 20.3. The molecule has 6 heteroatoms. The van der Waals surface area contributed by atoms with E-state index in [9.17, 15) is 4.79 Å². The molecule has 1 N–H and O–H groups in total. The minimum atomic E-state index is -0.189. The third-order valence-electron chi connectivity index (χ3n) is 4.32. The van der Waals surface area contributed by atoms with Crippen LogP contribution in [0.4, 0.5) is 11.4 Å². The van der Waals surface area contributed by atoms with Crippen molar-refractivity contribution < 1.29 is 9.53 Å². The molecule has 26 heavy (non-hydrogen) atoms. The van der Waals surface area contributed by atoms with Crippen molar-refractivity contribution in [2.45, 2.75) is 0 Å². The average molecular weight is 365 g/mol. The van der Waals surface area contributed by atoms with Crippen LogP contribution in [0, 0.1) is 0 Å². The molecule has 0 spiro atoms. The number of rotatable bonds is 4. The van der Waals surface area contributed by atoms with Gasteiger partial charge in [-0.05, 0) is 17.7 Å². The fourth-order valence-electron chi connectivity index (χ4n) is 3.04. The number of anilines is 2. The summed E-state index contributed by atoms with van der Waals surface area (Å²) in [6.45, 7) is 3.04. The van der Waals surface area contributed by atoms with Crippen molar-refractivity contribution in [2.24, 2.45) is 0 Å². The van der Waals surface area contributed by atoms with Gasteiger partial charge in [0.1, 0.15) is 5.69 Å². The number of morpholine rings is 1. The van der Waals surface area contributed by atoms with Gasteiger partial charge >= 0.3 is 0 Å². The Balaban J connectivity index is 1.59. The third kappa shape index (κ3) is 3.47. The summed E-state index contributed by atoms with van der Waals surface area (Å²) >= 11 is 1.47. The van der Waals surface area contributed by atoms with Crippen molar-refractivity contribution in [3.05, 3.63) is 65.8 Å². The van der Waals surface area contributed by atoms with Gasteiger partial charge < -0.3 is 15.0 Å². The lowest BCUT2D eigenvalue weighted by atomic mass is 10.1. The van der Waals surface area contributed by atoms with Gasteiger partial charge in [0, 0.05) is 13.1 Å². The predicted octanol–water partition coefficient (Wildman–Crippen LogP) is 3.90. The van der Waals surface area contributed by atoms with Crippen LogP contribution in [0.2, 0.25) is 0 Å². The number of carbonyl (C=O) groups is 1. The largest absolute Gasteiger partial charge is 0.378 e. The quantitative estimate of drug-likeness (QED) is 0.762. The maximum atomic E-state index is 12.9. The van der Waals surface area contributed by atoms with Crippen LogP contribution in [-0.4, -0.2) is 37.2 Å². The van der Waals surface area contributed by atoms with E-state index in [0.717, 1.165) is 34.9 Å². The second-order valence-corrected chi connectivity index (χ2v) is 6.82. The summed E-state index contributed by atoms with van der Waals surface area (Å²) in [5.74, 6) is -0.189. The molecule has 5 nitrogen and oxygen atoms in total. The van der Waals surface area contributed by atoms with Gasteiger partial charge in [-0.25, -0.2) is 4.98 Å². The number of nitrogens with zero attached hydrogens (tertiary/aromatic N) is 2. The first kappa shape index (κ1) is 16.8. The maximum Gasteiger partial charge on any atom is 0.275 e. The molecule has 0 atom stereocenters. The van der Waals surface area contributed by atoms with Gasteiger partial charge in [0.15, 0.2) is 0 Å². The monoisotopic (exact) mass is 365 g/mol. The summed E-state index contributed by atoms with van der Waals surface area (Å²) in [6, 6.07) is 17.7. The first-order valence-electron chi connectivity index (χ1n) is 8.55. The number of nitrogens with one attached hydrogen (secondary N) is 1. The summed E-state index contributed by atoms with van der Waals surface area (Å²) in [7, 11) is 0. The number of benzene rings is 2. The molecule has 0 bridgehead atoms. The molecule has 1 aliphatic rings. The Hall–Kier alpha value is -2.70. The van der Waals surface area contributed by atoms with Crippen LogP contribution < -0.4 is 10.2 Å². The molecule has 0 radical (unpaired) electrons. The highest BCUT2D eigenvalue weighted by molar-refractivity contribution is 7.13. The number of thiazole rings is 1. The fourth-order valence-corrected chi connectivity index (χ4v) is 3.84. The number of amides is 1. The van der Waals surface area contributed by atoms with E-state index in [1.807, 2.05) is 54.6 Å². The molecule has 132 valence electrons. The molecule has 1 amide bonds. The van der Waals surface area contributed by atoms with Gasteiger partial charge in [-0.2, -0.15) is 0 Å². The molecule has 2 aromatic carbocycles. The van der Waals surface area contributed by atoms with Crippen LogP contribution in [0.15, 0.2) is 60.1 Å². The Bertz CT molecular complexity index is 889. The number of hydrogen-bond donors (Lipinski definition) is 1. The van der Waals surface area contributed by atoms with Gasteiger partial charge in [-0.15, -0.1) is 11.3 Å². The lowest BCUT2D eigenvalue weighted by Crippen LogP contribution is -2.36. The summed E-state index contributed by atoms with van der Waals surface area (Å²) in [5.41, 5.74) is 4.98. The Labute approximate surface area is 156 Å². The molecule has 0 saturated carbocycles. The molecule has 4 rings (SSSR count). The topological polar surface area (TPSA) is 54.5 Å². The lowest BCUT2D eigenvalue weighted by molar-refractivity contribution is 0.102. The SMILES string of the molecule is O=C(Nc1ccccc1N1CCOCC1)c1ncsc1-c1ccccc1. The Morgan fingerprint density at radius 1 is 1.04 bits per heavy atom. The van der Waals surface area contributed by atoms with E-state index >= 15 is 0 Å². The third-order valence-corrected chi connectivity index (χ3v) is 5.20. The lowest BCUT2D eigenvalue weighted by Gasteiger charge is -2.30. The smallest absolute Gasteiger partial charge is 0.275 e. The second-order valence-electron chi connectivity index (χ2n) is 5.97. The zero-order valence-electron chi connectivity index (χ0n) is 14.2. The van der Waals surface area contributed by atoms with E-state index in [2.05, 4.69) is 15.2 Å². The number of aromatic nitrogens is 1. The first-order valence-corrected chi connectivity index (χ1v) is 9.43. The molecule has 0 aliphatic carbocycles. The molecule has 3 aromatic rings. The standard InChI is InChI=1S/C20H19N3O2S/c24-20(18-19(26-14-21-18)15-6-2-1-3-7-15)22-16-8-4-5-9-17(16)23-10-12-25-13-11-23/h1-9,14H,10-13H2,(H,22,24). The van der Waals surface area contributed by atoms with Crippen molar-refractivity contribution in [2.75, 3.05) is 36.5 Å². The highest BCUT2D eigenvalue weighted by Crippen LogP contribution is 2.30. The number of ether oxygens (including phenoxy) is 1. The number of para-hydroxylation sites is 2. The Morgan fingerprint density at radius 2 is 1.77 bits per heavy atom. The summed E-state index contributed by atoms with van der Waals surface area (Å²) < 4.78 is 5.43. The van der Waals surface area contributed by atoms with Crippen molar-refractivity contribution in [3.63, 3.8) is 0 Å². The molecule has 1 aromatic heterocycles. The fraction of sp³-hybridized carbons (Fsp3) is 0.200. The predicted molar refractivity (Wildman–Crippen MR) is 105 cm³/mol. The molecular weight excluding hydrogens is 346 g/mol. The van der Waals surface area contributed by atoms with Gasteiger partial charge in [-0.1, -0.05) is 42.5 Å². The molecule has 1 fully saturated rings. The van der Waals surface area contributed by atoms with Gasteiger partial charge in [0.2, 0.25) is 0 Å². The molecule has 0 unspecified atom stereocenters. The molecular formula is C20H19N3O2S. The Morgan fingerprint density at radius 3 is 2.58 bits per heavy atom. The van der Waals surface area contributed by atoms with E-state index in [1.54, 1.807) is 5.51 Å². The van der Waals surface area contributed by atoms with Crippen LogP contribution in [0.3, 0.4) is 0 Å². The Kier molecular flexibility index (Phi) is 4.95. The van der Waals surface area contributed by atoms with Crippen LogP contribution in [0.25, 0.3) is 10.4 Å². The minimum Gasteiger partial charge on any atom is -0.378 e. The number of hydrogen-bond acceptors (Lipinski definition) is 5. The first-order chi connectivity index (χ1) is 12.8. The van der Waals surface area contributed by atoms with Crippen LogP contribution in [-0.2, 0) is 4.74 Å². The van der Waals surface area contributed by atoms with E-state index in [-0.39, 0.29) is 5.91 Å². The van der Waals surface area contributed by atoms with E-state index in [4.69, 9.17) is 4.74 Å². The molecule has 1 aliphatic heterocycles. The second kappa shape index (κ2) is 7.68. The highest BCUT2D eigenvalue weighted by atomic mass is 32.1. The number of carbonyl (C=O) groups excluding carboxylic acids is 1. The van der Waals surface area contributed by atoms with Crippen molar-refractivity contribution >= 4 is 28.6 Å². The van der Waals surface area contributed by atoms with Crippen molar-refractivity contribution in [1.29, 1.82) is 0 Å². The summed E-state index contributed by atoms with van der Waals surface area (Å²) in [6.07, 6.45) is 0. The van der Waals surface area contributed by atoms with E-state index in [1.165, 1.54) is 11.3 Å². The van der Waals surface area contributed by atoms with Crippen molar-refractivity contribution in [3.8, 4) is 10.4 Å². The normalized spacial score (nSPS) is 14.2. The molecule has 1 saturated heterocycles. The highest BCUT2D eigenvalue weighted by Gasteiger charge is 2.19. The molecule has 2 heterocycles. The van der Waals surface area contributed by atoms with Crippen LogP contribution in [0.5, 0.6) is 0 Å². The van der Waals surface area contributed by atoms with Crippen LogP contribution in [0.1, 0.15) is 10.5 Å². The zero-order chi connectivity index (χ0) is 17.8. The van der Waals surface area contributed by atoms with Gasteiger partial charge in [0.25, 0.3) is 5.91 Å². The van der Waals surface area contributed by atoms with Gasteiger partial charge in [-0.3, -0.25) is 4.79 Å². The van der Waals surface area contributed by atoms with Crippen LogP contribution >= 0.6 is 11.3 Å².